The van der Waals surface area contributed by atoms with Gasteiger partial charge < -0.3 is 10.3 Å². The van der Waals surface area contributed by atoms with Crippen LogP contribution in [-0.4, -0.2) is 16.2 Å². The zero-order valence-corrected chi connectivity index (χ0v) is 12.9. The first-order valence-electron chi connectivity index (χ1n) is 6.90. The first-order valence-corrected chi connectivity index (χ1v) is 6.90. The number of anilines is 1. The molecule has 1 unspecified atom stereocenters. The highest BCUT2D eigenvalue weighted by Gasteiger charge is 2.28. The molecule has 4 nitrogen and oxygen atoms in total. The summed E-state index contributed by atoms with van der Waals surface area (Å²) in [4.78, 5) is 0. The average molecular weight is 278 g/mol. The molecule has 0 saturated carbocycles. The topological polar surface area (TPSA) is 59.8 Å². The van der Waals surface area contributed by atoms with E-state index in [0.29, 0.717) is 12.8 Å². The molecule has 0 radical (unpaired) electrons. The lowest BCUT2D eigenvalue weighted by atomic mass is 9.92. The van der Waals surface area contributed by atoms with Gasteiger partial charge in [-0.15, -0.1) is 0 Å². The maximum absolute atomic E-state index is 12.3. The van der Waals surface area contributed by atoms with Crippen LogP contribution in [0.1, 0.15) is 46.1 Å². The van der Waals surface area contributed by atoms with Crippen molar-refractivity contribution in [3.8, 4) is 0 Å². The van der Waals surface area contributed by atoms with E-state index in [1.807, 2.05) is 38.1 Å². The molecular weight excluding hydrogens is 252 g/mol. The molecule has 4 heteroatoms. The highest BCUT2D eigenvalue weighted by Crippen LogP contribution is 2.17. The van der Waals surface area contributed by atoms with E-state index in [1.165, 1.54) is 0 Å². The van der Waals surface area contributed by atoms with Crippen LogP contribution in [0.15, 0.2) is 30.8 Å². The van der Waals surface area contributed by atoms with Crippen LogP contribution in [0.2, 0.25) is 0 Å². The molecule has 0 bridgehead atoms. The van der Waals surface area contributed by atoms with Crippen molar-refractivity contribution >= 4 is 11.8 Å². The Morgan fingerprint density at radius 1 is 1.20 bits per heavy atom. The zero-order chi connectivity index (χ0) is 15.4. The van der Waals surface area contributed by atoms with Gasteiger partial charge >= 0.3 is 0 Å². The van der Waals surface area contributed by atoms with Gasteiger partial charge in [0.25, 0.3) is 0 Å². The average Bonchev–Trinajstić information content (AvgIpc) is 2.36. The minimum Gasteiger partial charge on any atom is -0.607 e. The van der Waals surface area contributed by atoms with Crippen LogP contribution in [0, 0.1) is 5.21 Å². The third kappa shape index (κ3) is 5.33. The lowest BCUT2D eigenvalue weighted by molar-refractivity contribution is -0.879. The van der Waals surface area contributed by atoms with Gasteiger partial charge in [0.15, 0.2) is 0 Å². The van der Waals surface area contributed by atoms with Crippen molar-refractivity contribution in [2.24, 2.45) is 0 Å². The lowest BCUT2D eigenvalue weighted by Gasteiger charge is -2.39. The molecule has 1 aromatic carbocycles. The van der Waals surface area contributed by atoms with Crippen LogP contribution >= 0.6 is 0 Å². The summed E-state index contributed by atoms with van der Waals surface area (Å²) in [6, 6.07) is 7.54. The third-order valence-corrected chi connectivity index (χ3v) is 3.38. The maximum atomic E-state index is 12.3. The molecule has 0 heterocycles. The van der Waals surface area contributed by atoms with Gasteiger partial charge in [0, 0.05) is 6.42 Å². The van der Waals surface area contributed by atoms with Crippen molar-refractivity contribution in [1.82, 2.24) is 0 Å². The molecule has 1 rings (SSSR count). The first kappa shape index (κ1) is 16.7. The molecule has 0 aliphatic rings. The molecule has 0 spiro atoms. The molecule has 3 N–H and O–H groups in total. The molecular formula is C16H26N2O2. The van der Waals surface area contributed by atoms with Crippen LogP contribution in [0.25, 0.3) is 6.08 Å². The van der Waals surface area contributed by atoms with Crippen LogP contribution in [0.5, 0.6) is 0 Å². The number of benzene rings is 1. The van der Waals surface area contributed by atoms with Crippen molar-refractivity contribution in [3.63, 3.8) is 0 Å². The fraction of sp³-hybridized carbons (Fsp3) is 0.500. The van der Waals surface area contributed by atoms with E-state index in [0.717, 1.165) is 11.3 Å². The van der Waals surface area contributed by atoms with Crippen molar-refractivity contribution in [3.05, 3.63) is 41.6 Å². The Morgan fingerprint density at radius 3 is 2.20 bits per heavy atom. The van der Waals surface area contributed by atoms with Gasteiger partial charge in [-0.2, -0.15) is 0 Å². The quantitative estimate of drug-likeness (QED) is 0.671. The monoisotopic (exact) mass is 278 g/mol. The van der Waals surface area contributed by atoms with Crippen LogP contribution in [-0.2, 0) is 0 Å². The number of aliphatic hydroxyl groups is 1. The second-order valence-corrected chi connectivity index (χ2v) is 6.48. The Hall–Kier alpha value is -1.36. The Balaban J connectivity index is 2.63. The number of hydrogen-bond acceptors (Lipinski definition) is 3. The molecule has 0 aliphatic carbocycles. The normalized spacial score (nSPS) is 13.9. The Labute approximate surface area is 121 Å². The second-order valence-electron chi connectivity index (χ2n) is 6.48. The number of quaternary nitrogens is 1. The maximum Gasteiger partial charge on any atom is 0.114 e. The summed E-state index contributed by atoms with van der Waals surface area (Å²) in [5.74, 6) is 0. The van der Waals surface area contributed by atoms with E-state index in [1.54, 1.807) is 19.9 Å². The van der Waals surface area contributed by atoms with Crippen molar-refractivity contribution in [2.75, 3.05) is 5.43 Å². The van der Waals surface area contributed by atoms with E-state index < -0.39 is 11.1 Å². The summed E-state index contributed by atoms with van der Waals surface area (Å²) in [7, 11) is 0. The van der Waals surface area contributed by atoms with Gasteiger partial charge in [0.2, 0.25) is 0 Å². The van der Waals surface area contributed by atoms with Crippen molar-refractivity contribution in [1.29, 1.82) is 0 Å². The van der Waals surface area contributed by atoms with E-state index in [9.17, 15) is 10.3 Å². The molecule has 112 valence electrons. The number of hydrogen-bond donors (Lipinski definition) is 3. The summed E-state index contributed by atoms with van der Waals surface area (Å²) in [5, 5.41) is 22.0. The first-order chi connectivity index (χ1) is 9.14. The Bertz CT molecular complexity index is 433. The van der Waals surface area contributed by atoms with Gasteiger partial charge in [-0.3, -0.25) is 5.17 Å². The Morgan fingerprint density at radius 2 is 1.75 bits per heavy atom. The second kappa shape index (κ2) is 6.39. The van der Waals surface area contributed by atoms with Crippen molar-refractivity contribution < 1.29 is 10.3 Å². The van der Waals surface area contributed by atoms with Crippen LogP contribution < -0.4 is 10.6 Å². The largest absolute Gasteiger partial charge is 0.607 e. The molecule has 0 aliphatic heterocycles. The summed E-state index contributed by atoms with van der Waals surface area (Å²) in [5.41, 5.74) is 3.44. The van der Waals surface area contributed by atoms with Gasteiger partial charge in [-0.25, -0.2) is 5.43 Å². The minimum atomic E-state index is -0.747. The Kier molecular flexibility index (Phi) is 5.34. The minimum absolute atomic E-state index is 0.0342. The van der Waals surface area contributed by atoms with Crippen LogP contribution in [0.4, 0.5) is 5.69 Å². The van der Waals surface area contributed by atoms with Gasteiger partial charge in [-0.1, -0.05) is 24.8 Å². The highest BCUT2D eigenvalue weighted by atomic mass is 16.5. The van der Waals surface area contributed by atoms with E-state index in [2.05, 4.69) is 12.0 Å². The summed E-state index contributed by atoms with van der Waals surface area (Å²) in [6.45, 7) is 11.0. The molecule has 1 aromatic rings. The SMILES string of the molecule is C=Cc1ccc(N[NH+]([O-])C(C)(C)CCC(C)(C)O)cc1. The van der Waals surface area contributed by atoms with Gasteiger partial charge in [0.05, 0.1) is 11.3 Å². The molecule has 0 saturated heterocycles. The zero-order valence-electron chi connectivity index (χ0n) is 12.9. The number of rotatable bonds is 7. The van der Waals surface area contributed by atoms with Crippen molar-refractivity contribution in [2.45, 2.75) is 51.7 Å². The summed E-state index contributed by atoms with van der Waals surface area (Å²) in [6.07, 6.45) is 2.98. The molecule has 0 amide bonds. The van der Waals surface area contributed by atoms with E-state index in [-0.39, 0.29) is 5.17 Å². The van der Waals surface area contributed by atoms with E-state index in [4.69, 9.17) is 0 Å². The van der Waals surface area contributed by atoms with Gasteiger partial charge in [0.1, 0.15) is 5.54 Å². The molecule has 0 aromatic heterocycles. The fourth-order valence-electron chi connectivity index (χ4n) is 1.73. The number of hydroxylamine groups is 1. The van der Waals surface area contributed by atoms with Crippen LogP contribution in [0.3, 0.4) is 0 Å². The standard InChI is InChI=1S/C16H26N2O2/c1-6-13-7-9-14(10-8-13)17-18(20)15(2,3)11-12-16(4,5)19/h6-10,17-19H,1,11-12H2,2-5H3. The number of nitrogens with one attached hydrogen (secondary N) is 2. The molecule has 0 fully saturated rings. The predicted octanol–water partition coefficient (Wildman–Crippen LogP) is 2.37. The summed E-state index contributed by atoms with van der Waals surface area (Å²) >= 11 is 0. The lowest BCUT2D eigenvalue weighted by Crippen LogP contribution is -3.18. The molecule has 20 heavy (non-hydrogen) atoms. The predicted molar refractivity (Wildman–Crippen MR) is 84.1 cm³/mol. The van der Waals surface area contributed by atoms with Gasteiger partial charge in [-0.05, 0) is 51.8 Å². The van der Waals surface area contributed by atoms with E-state index >= 15 is 0 Å². The molecule has 1 atom stereocenters. The summed E-state index contributed by atoms with van der Waals surface area (Å²) < 4.78 is 0. The smallest absolute Gasteiger partial charge is 0.114 e. The highest BCUT2D eigenvalue weighted by molar-refractivity contribution is 5.52. The fourth-order valence-corrected chi connectivity index (χ4v) is 1.73. The third-order valence-electron chi connectivity index (χ3n) is 3.38.